The van der Waals surface area contributed by atoms with Crippen LogP contribution in [0.1, 0.15) is 128 Å². The lowest BCUT2D eigenvalue weighted by Gasteiger charge is -2.17. The van der Waals surface area contributed by atoms with Crippen LogP contribution in [0.25, 0.3) is 0 Å². The van der Waals surface area contributed by atoms with Crippen LogP contribution in [0, 0.1) is 0 Å². The molecule has 0 aromatic rings. The topological polar surface area (TPSA) is 282 Å². The zero-order valence-electron chi connectivity index (χ0n) is 34.7. The number of aldehydes is 1. The van der Waals surface area contributed by atoms with Gasteiger partial charge in [0, 0.05) is 38.8 Å². The van der Waals surface area contributed by atoms with Crippen molar-refractivity contribution in [1.29, 1.82) is 0 Å². The van der Waals surface area contributed by atoms with Crippen molar-refractivity contribution in [1.82, 2.24) is 21.3 Å². The Labute approximate surface area is 347 Å². The molecule has 4 amide bonds. The van der Waals surface area contributed by atoms with Gasteiger partial charge in [0.05, 0.1) is 39.6 Å². The molecule has 0 saturated carbocycles. The van der Waals surface area contributed by atoms with Crippen LogP contribution in [0.3, 0.4) is 0 Å². The fraction of sp³-hybridized carbons (Fsp3) is 0.800. The lowest BCUT2D eigenvalue weighted by atomic mass is 10.0. The number of unbranched alkanes of at least 4 members (excludes halogenated alkanes) is 13. The van der Waals surface area contributed by atoms with E-state index in [0.29, 0.717) is 19.3 Å². The number of hydrogen-bond donors (Lipinski definition) is 7. The second-order valence-electron chi connectivity index (χ2n) is 14.1. The molecule has 0 unspecified atom stereocenters. The summed E-state index contributed by atoms with van der Waals surface area (Å²) >= 11 is 0. The van der Waals surface area contributed by atoms with E-state index >= 15 is 0 Å². The van der Waals surface area contributed by atoms with Crippen molar-refractivity contribution in [3.05, 3.63) is 0 Å². The third-order valence-corrected chi connectivity index (χ3v) is 8.93. The standard InChI is InChI=1S/C40H70N4O15/c45-23-26-58-28-27-56-25-22-42-37(49)31-59-30-29-57-24-21-41-34(46)19-17-32(39(52)53)44-36(48)20-18-33(40(54)55)43-35(47)15-13-11-9-7-5-3-1-2-4-6-8-10-12-14-16-38(50)51/h23,32-33H,1-22,24-31H2,(H,41,46)(H,42,49)(H,43,47)(H,44,48)(H,50,51)(H,52,53)(H,54,55)/t32-,33-/m0/s1. The number of hydrogen-bond acceptors (Lipinski definition) is 12. The van der Waals surface area contributed by atoms with Gasteiger partial charge in [-0.2, -0.15) is 0 Å². The number of ether oxygens (including phenoxy) is 4. The Hall–Kier alpha value is -4.20. The molecular formula is C40H70N4O15. The molecule has 0 rings (SSSR count). The molecule has 0 bridgehead atoms. The highest BCUT2D eigenvalue weighted by Crippen LogP contribution is 2.14. The average Bonchev–Trinajstić information content (AvgIpc) is 3.19. The van der Waals surface area contributed by atoms with Gasteiger partial charge in [0.25, 0.3) is 0 Å². The molecule has 0 aliphatic rings. The molecule has 0 heterocycles. The predicted molar refractivity (Wildman–Crippen MR) is 214 cm³/mol. The Balaban J connectivity index is 3.99. The van der Waals surface area contributed by atoms with Crippen molar-refractivity contribution < 1.29 is 72.6 Å². The third kappa shape index (κ3) is 37.8. The van der Waals surface area contributed by atoms with Gasteiger partial charge in [-0.25, -0.2) is 9.59 Å². The summed E-state index contributed by atoms with van der Waals surface area (Å²) in [6.45, 7) is 1.55. The van der Waals surface area contributed by atoms with E-state index in [9.17, 15) is 48.6 Å². The van der Waals surface area contributed by atoms with E-state index in [4.69, 9.17) is 24.1 Å². The van der Waals surface area contributed by atoms with Crippen molar-refractivity contribution in [3.63, 3.8) is 0 Å². The highest BCUT2D eigenvalue weighted by molar-refractivity contribution is 5.86. The molecule has 0 radical (unpaired) electrons. The van der Waals surface area contributed by atoms with E-state index in [1.807, 2.05) is 0 Å². The van der Waals surface area contributed by atoms with Gasteiger partial charge in [-0.05, 0) is 25.7 Å². The Morgan fingerprint density at radius 1 is 0.441 bits per heavy atom. The quantitative estimate of drug-likeness (QED) is 0.0343. The van der Waals surface area contributed by atoms with Gasteiger partial charge >= 0.3 is 17.9 Å². The first-order valence-corrected chi connectivity index (χ1v) is 21.0. The monoisotopic (exact) mass is 846 g/mol. The van der Waals surface area contributed by atoms with Crippen LogP contribution in [0.4, 0.5) is 0 Å². The highest BCUT2D eigenvalue weighted by Gasteiger charge is 2.24. The summed E-state index contributed by atoms with van der Waals surface area (Å²) in [4.78, 5) is 92.8. The summed E-state index contributed by atoms with van der Waals surface area (Å²) in [5, 5.41) is 37.7. The van der Waals surface area contributed by atoms with Gasteiger partial charge in [0.2, 0.25) is 23.6 Å². The lowest BCUT2D eigenvalue weighted by Crippen LogP contribution is -2.44. The van der Waals surface area contributed by atoms with E-state index in [1.54, 1.807) is 0 Å². The van der Waals surface area contributed by atoms with E-state index in [-0.39, 0.29) is 104 Å². The van der Waals surface area contributed by atoms with Crippen molar-refractivity contribution in [2.45, 2.75) is 141 Å². The summed E-state index contributed by atoms with van der Waals surface area (Å²) in [6, 6.07) is -2.69. The Morgan fingerprint density at radius 2 is 0.831 bits per heavy atom. The smallest absolute Gasteiger partial charge is 0.326 e. The normalized spacial score (nSPS) is 11.9. The van der Waals surface area contributed by atoms with Crippen molar-refractivity contribution in [3.8, 4) is 0 Å². The second-order valence-corrected chi connectivity index (χ2v) is 14.1. The number of rotatable bonds is 43. The predicted octanol–water partition coefficient (Wildman–Crippen LogP) is 2.51. The molecule has 340 valence electrons. The molecule has 0 aromatic carbocycles. The van der Waals surface area contributed by atoms with Crippen molar-refractivity contribution >= 4 is 47.8 Å². The maximum atomic E-state index is 12.5. The van der Waals surface area contributed by atoms with Crippen LogP contribution in [0.15, 0.2) is 0 Å². The first-order chi connectivity index (χ1) is 28.5. The number of aliphatic carboxylic acids is 3. The van der Waals surface area contributed by atoms with E-state index in [0.717, 1.165) is 51.4 Å². The first kappa shape index (κ1) is 54.8. The molecule has 19 nitrogen and oxygen atoms in total. The second kappa shape index (κ2) is 39.3. The number of carbonyl (C=O) groups excluding carboxylic acids is 5. The third-order valence-electron chi connectivity index (χ3n) is 8.93. The Morgan fingerprint density at radius 3 is 1.29 bits per heavy atom. The SMILES string of the molecule is O=CCOCCOCCNC(=O)COCCOCCNC(=O)CC[C@H](NC(=O)CC[C@H](NC(=O)CCCCCCCCCCCCCCCCC(=O)O)C(=O)O)C(=O)O. The summed E-state index contributed by atoms with van der Waals surface area (Å²) in [5.74, 6) is -5.33. The summed E-state index contributed by atoms with van der Waals surface area (Å²) in [5.41, 5.74) is 0. The first-order valence-electron chi connectivity index (χ1n) is 21.0. The minimum atomic E-state index is -1.38. The lowest BCUT2D eigenvalue weighted by molar-refractivity contribution is -0.143. The fourth-order valence-electron chi connectivity index (χ4n) is 5.68. The average molecular weight is 847 g/mol. The number of nitrogens with one attached hydrogen (secondary N) is 4. The zero-order valence-corrected chi connectivity index (χ0v) is 34.7. The van der Waals surface area contributed by atoms with Crippen LogP contribution in [-0.4, -0.2) is 141 Å². The van der Waals surface area contributed by atoms with E-state index < -0.39 is 47.7 Å². The molecule has 0 spiro atoms. The van der Waals surface area contributed by atoms with Crippen LogP contribution in [0.2, 0.25) is 0 Å². The van der Waals surface area contributed by atoms with E-state index in [2.05, 4.69) is 21.3 Å². The summed E-state index contributed by atoms with van der Waals surface area (Å²) in [6.07, 6.45) is 14.6. The van der Waals surface area contributed by atoms with Crippen LogP contribution >= 0.6 is 0 Å². The molecular weight excluding hydrogens is 776 g/mol. The van der Waals surface area contributed by atoms with Crippen LogP contribution in [-0.2, 0) is 57.3 Å². The van der Waals surface area contributed by atoms with Gasteiger partial charge in [0.1, 0.15) is 31.6 Å². The maximum Gasteiger partial charge on any atom is 0.326 e. The Bertz CT molecular complexity index is 1190. The molecule has 7 N–H and O–H groups in total. The van der Waals surface area contributed by atoms with Crippen molar-refractivity contribution in [2.24, 2.45) is 0 Å². The highest BCUT2D eigenvalue weighted by atomic mass is 16.5. The molecule has 0 fully saturated rings. The number of amides is 4. The minimum absolute atomic E-state index is 0.00879. The van der Waals surface area contributed by atoms with Gasteiger partial charge in [-0.3, -0.25) is 24.0 Å². The molecule has 19 heteroatoms. The molecule has 0 aromatic heterocycles. The molecule has 0 aliphatic heterocycles. The number of carbonyl (C=O) groups is 8. The molecule has 59 heavy (non-hydrogen) atoms. The van der Waals surface area contributed by atoms with Crippen LogP contribution in [0.5, 0.6) is 0 Å². The number of carboxylic acids is 3. The molecule has 0 saturated heterocycles. The fourth-order valence-corrected chi connectivity index (χ4v) is 5.68. The maximum absolute atomic E-state index is 12.5. The Kier molecular flexibility index (Phi) is 36.5. The van der Waals surface area contributed by atoms with Gasteiger partial charge < -0.3 is 60.3 Å². The van der Waals surface area contributed by atoms with Crippen molar-refractivity contribution in [2.75, 3.05) is 65.9 Å². The zero-order chi connectivity index (χ0) is 43.8. The van der Waals surface area contributed by atoms with Crippen LogP contribution < -0.4 is 21.3 Å². The molecule has 0 aliphatic carbocycles. The van der Waals surface area contributed by atoms with Gasteiger partial charge in [-0.1, -0.05) is 77.0 Å². The molecule has 2 atom stereocenters. The number of carboxylic acid groups (broad SMARTS) is 3. The summed E-state index contributed by atoms with van der Waals surface area (Å²) < 4.78 is 20.7. The van der Waals surface area contributed by atoms with Gasteiger partial charge in [0.15, 0.2) is 0 Å². The largest absolute Gasteiger partial charge is 0.481 e. The minimum Gasteiger partial charge on any atom is -0.481 e. The summed E-state index contributed by atoms with van der Waals surface area (Å²) in [7, 11) is 0. The van der Waals surface area contributed by atoms with E-state index in [1.165, 1.54) is 32.1 Å². The van der Waals surface area contributed by atoms with Gasteiger partial charge in [-0.15, -0.1) is 0 Å².